The van der Waals surface area contributed by atoms with Crippen molar-refractivity contribution in [3.63, 3.8) is 0 Å². The molecule has 0 aromatic carbocycles. The zero-order chi connectivity index (χ0) is 13.4. The van der Waals surface area contributed by atoms with Crippen LogP contribution in [0.2, 0.25) is 0 Å². The first-order valence-corrected chi connectivity index (χ1v) is 7.56. The summed E-state index contributed by atoms with van der Waals surface area (Å²) >= 11 is 1.56. The number of likely N-dealkylation sites (tertiary alicyclic amines) is 1. The fourth-order valence-electron chi connectivity index (χ4n) is 1.96. The molecule has 104 valence electrons. The maximum absolute atomic E-state index is 11.8. The largest absolute Gasteiger partial charge is 0.466 e. The Balaban J connectivity index is 2.26. The van der Waals surface area contributed by atoms with Crippen LogP contribution in [0.15, 0.2) is 0 Å². The highest BCUT2D eigenvalue weighted by atomic mass is 32.2. The van der Waals surface area contributed by atoms with E-state index in [1.807, 2.05) is 11.8 Å². The summed E-state index contributed by atoms with van der Waals surface area (Å²) < 4.78 is 5.00. The number of nitrogens with two attached hydrogens (primary N) is 1. The first kappa shape index (κ1) is 15.3. The molecule has 0 unspecified atom stereocenters. The van der Waals surface area contributed by atoms with E-state index >= 15 is 0 Å². The minimum absolute atomic E-state index is 0.0364. The van der Waals surface area contributed by atoms with Crippen LogP contribution in [0.25, 0.3) is 0 Å². The molecule has 0 bridgehead atoms. The third kappa shape index (κ3) is 4.86. The number of hydrogen-bond donors (Lipinski definition) is 1. The Labute approximate surface area is 112 Å². The van der Waals surface area contributed by atoms with E-state index in [2.05, 4.69) is 0 Å². The van der Waals surface area contributed by atoms with Gasteiger partial charge in [-0.2, -0.15) is 11.8 Å². The van der Waals surface area contributed by atoms with Gasteiger partial charge < -0.3 is 15.4 Å². The van der Waals surface area contributed by atoms with Crippen molar-refractivity contribution in [3.8, 4) is 0 Å². The monoisotopic (exact) mass is 274 g/mol. The van der Waals surface area contributed by atoms with Crippen LogP contribution in [0.3, 0.4) is 0 Å². The number of piperidine rings is 1. The van der Waals surface area contributed by atoms with E-state index in [9.17, 15) is 9.59 Å². The Bertz CT molecular complexity index is 278. The number of hydrogen-bond acceptors (Lipinski definition) is 5. The molecule has 1 aliphatic rings. The van der Waals surface area contributed by atoms with E-state index in [-0.39, 0.29) is 17.8 Å². The molecular formula is C12H22N2O3S. The van der Waals surface area contributed by atoms with E-state index < -0.39 is 0 Å². The summed E-state index contributed by atoms with van der Waals surface area (Å²) in [6, 6.07) is 0. The van der Waals surface area contributed by atoms with Crippen molar-refractivity contribution < 1.29 is 14.3 Å². The average molecular weight is 274 g/mol. The van der Waals surface area contributed by atoms with E-state index in [1.165, 1.54) is 0 Å². The standard InChI is InChI=1S/C12H22N2O3S/c1-2-17-12(16)10-3-6-14(7-4-10)11(15)9-18-8-5-13/h10H,2-9,13H2,1H3. The predicted octanol–water partition coefficient (Wildman–Crippen LogP) is 0.480. The second-order valence-corrected chi connectivity index (χ2v) is 5.35. The van der Waals surface area contributed by atoms with Gasteiger partial charge in [-0.1, -0.05) is 0 Å². The molecule has 1 fully saturated rings. The Morgan fingerprint density at radius 1 is 1.39 bits per heavy atom. The highest BCUT2D eigenvalue weighted by molar-refractivity contribution is 7.99. The lowest BCUT2D eigenvalue weighted by Gasteiger charge is -2.30. The molecular weight excluding hydrogens is 252 g/mol. The molecule has 1 saturated heterocycles. The minimum Gasteiger partial charge on any atom is -0.466 e. The van der Waals surface area contributed by atoms with Crippen LogP contribution in [-0.4, -0.2) is 54.5 Å². The molecule has 0 saturated carbocycles. The second kappa shape index (κ2) is 8.37. The summed E-state index contributed by atoms with van der Waals surface area (Å²) in [5, 5.41) is 0. The molecule has 2 N–H and O–H groups in total. The average Bonchev–Trinajstić information content (AvgIpc) is 2.39. The number of rotatable bonds is 6. The Morgan fingerprint density at radius 3 is 2.61 bits per heavy atom. The Hall–Kier alpha value is -0.750. The summed E-state index contributed by atoms with van der Waals surface area (Å²) in [4.78, 5) is 25.2. The number of thioether (sulfide) groups is 1. The smallest absolute Gasteiger partial charge is 0.309 e. The Morgan fingerprint density at radius 2 is 2.06 bits per heavy atom. The van der Waals surface area contributed by atoms with Crippen molar-refractivity contribution in [1.29, 1.82) is 0 Å². The lowest BCUT2D eigenvalue weighted by molar-refractivity contribution is -0.151. The molecule has 0 radical (unpaired) electrons. The van der Waals surface area contributed by atoms with Crippen LogP contribution in [0.5, 0.6) is 0 Å². The topological polar surface area (TPSA) is 72.6 Å². The number of carbonyl (C=O) groups excluding carboxylic acids is 2. The first-order valence-electron chi connectivity index (χ1n) is 6.41. The van der Waals surface area contributed by atoms with Gasteiger partial charge in [0.2, 0.25) is 5.91 Å². The zero-order valence-corrected chi connectivity index (χ0v) is 11.7. The molecule has 6 heteroatoms. The maximum Gasteiger partial charge on any atom is 0.309 e. The van der Waals surface area contributed by atoms with Crippen molar-refractivity contribution in [2.45, 2.75) is 19.8 Å². The number of esters is 1. The predicted molar refractivity (Wildman–Crippen MR) is 72.3 cm³/mol. The molecule has 0 spiro atoms. The number of ether oxygens (including phenoxy) is 1. The van der Waals surface area contributed by atoms with Gasteiger partial charge in [0.25, 0.3) is 0 Å². The van der Waals surface area contributed by atoms with Gasteiger partial charge >= 0.3 is 5.97 Å². The highest BCUT2D eigenvalue weighted by Crippen LogP contribution is 2.19. The van der Waals surface area contributed by atoms with Crippen LogP contribution in [0.4, 0.5) is 0 Å². The minimum atomic E-state index is -0.123. The highest BCUT2D eigenvalue weighted by Gasteiger charge is 2.27. The lowest BCUT2D eigenvalue weighted by Crippen LogP contribution is -2.41. The zero-order valence-electron chi connectivity index (χ0n) is 10.9. The van der Waals surface area contributed by atoms with Gasteiger partial charge in [-0.15, -0.1) is 0 Å². The quantitative estimate of drug-likeness (QED) is 0.563. The maximum atomic E-state index is 11.8. The van der Waals surface area contributed by atoms with Crippen molar-refractivity contribution in [1.82, 2.24) is 4.90 Å². The third-order valence-corrected chi connectivity index (χ3v) is 3.93. The van der Waals surface area contributed by atoms with Gasteiger partial charge in [-0.3, -0.25) is 9.59 Å². The molecule has 0 aliphatic carbocycles. The van der Waals surface area contributed by atoms with E-state index in [0.717, 1.165) is 5.75 Å². The van der Waals surface area contributed by atoms with Crippen LogP contribution in [0.1, 0.15) is 19.8 Å². The first-order chi connectivity index (χ1) is 8.69. The third-order valence-electron chi connectivity index (χ3n) is 2.96. The van der Waals surface area contributed by atoms with Crippen LogP contribution in [0, 0.1) is 5.92 Å². The normalized spacial score (nSPS) is 16.7. The van der Waals surface area contributed by atoms with E-state index in [0.29, 0.717) is 44.8 Å². The second-order valence-electron chi connectivity index (χ2n) is 4.25. The van der Waals surface area contributed by atoms with Crippen molar-refractivity contribution in [2.24, 2.45) is 11.7 Å². The number of amides is 1. The van der Waals surface area contributed by atoms with Crippen molar-refractivity contribution in [3.05, 3.63) is 0 Å². The summed E-state index contributed by atoms with van der Waals surface area (Å²) in [7, 11) is 0. The lowest BCUT2D eigenvalue weighted by atomic mass is 9.97. The molecule has 0 aromatic rings. The molecule has 0 aromatic heterocycles. The van der Waals surface area contributed by atoms with Gasteiger partial charge in [-0.05, 0) is 19.8 Å². The SMILES string of the molecule is CCOC(=O)C1CCN(C(=O)CSCCN)CC1. The summed E-state index contributed by atoms with van der Waals surface area (Å²) in [6.07, 6.45) is 1.43. The molecule has 18 heavy (non-hydrogen) atoms. The van der Waals surface area contributed by atoms with Gasteiger partial charge in [0.15, 0.2) is 0 Å². The van der Waals surface area contributed by atoms with Crippen molar-refractivity contribution in [2.75, 3.05) is 37.7 Å². The van der Waals surface area contributed by atoms with E-state index in [1.54, 1.807) is 11.8 Å². The van der Waals surface area contributed by atoms with Crippen molar-refractivity contribution >= 4 is 23.6 Å². The molecule has 0 atom stereocenters. The van der Waals surface area contributed by atoms with Gasteiger partial charge in [-0.25, -0.2) is 0 Å². The summed E-state index contributed by atoms with van der Waals surface area (Å²) in [5.74, 6) is 1.29. The fourth-order valence-corrected chi connectivity index (χ4v) is 2.63. The molecule has 1 amide bonds. The van der Waals surface area contributed by atoms with Gasteiger partial charge in [0, 0.05) is 25.4 Å². The van der Waals surface area contributed by atoms with Crippen LogP contribution < -0.4 is 5.73 Å². The summed E-state index contributed by atoms with van der Waals surface area (Å²) in [5.41, 5.74) is 5.38. The Kier molecular flexibility index (Phi) is 7.12. The van der Waals surface area contributed by atoms with Gasteiger partial charge in [0.1, 0.15) is 0 Å². The summed E-state index contributed by atoms with van der Waals surface area (Å²) in [6.45, 7) is 4.15. The fraction of sp³-hybridized carbons (Fsp3) is 0.833. The molecule has 1 aliphatic heterocycles. The number of carbonyl (C=O) groups is 2. The van der Waals surface area contributed by atoms with Crippen LogP contribution >= 0.6 is 11.8 Å². The molecule has 5 nitrogen and oxygen atoms in total. The van der Waals surface area contributed by atoms with Crippen LogP contribution in [-0.2, 0) is 14.3 Å². The number of nitrogens with zero attached hydrogens (tertiary/aromatic N) is 1. The molecule has 1 heterocycles. The van der Waals surface area contributed by atoms with Gasteiger partial charge in [0.05, 0.1) is 18.3 Å². The van der Waals surface area contributed by atoms with E-state index in [4.69, 9.17) is 10.5 Å². The molecule has 1 rings (SSSR count).